The van der Waals surface area contributed by atoms with Gasteiger partial charge in [-0.3, -0.25) is 0 Å². The molecular weight excluding hydrogens is 451 g/mol. The van der Waals surface area contributed by atoms with Crippen molar-refractivity contribution >= 4 is 43.3 Å². The van der Waals surface area contributed by atoms with Crippen LogP contribution in [0.5, 0.6) is 0 Å². The van der Waals surface area contributed by atoms with E-state index in [1.807, 2.05) is 31.2 Å². The summed E-state index contributed by atoms with van der Waals surface area (Å²) in [6.07, 6.45) is 1.57. The number of carbonyl (C=O) groups excluding carboxylic acids is 1. The van der Waals surface area contributed by atoms with Gasteiger partial charge in [-0.2, -0.15) is 0 Å². The Bertz CT molecular complexity index is 1050. The fourth-order valence-electron chi connectivity index (χ4n) is 2.48. The zero-order valence-electron chi connectivity index (χ0n) is 15.9. The molecule has 3 aromatic rings. The molecule has 7 heteroatoms. The zero-order chi connectivity index (χ0) is 20.5. The summed E-state index contributed by atoms with van der Waals surface area (Å²) in [4.78, 5) is 22.3. The van der Waals surface area contributed by atoms with Crippen LogP contribution in [0.3, 0.4) is 0 Å². The number of aromatic nitrogens is 1. The number of hydrogen-bond acceptors (Lipinski definition) is 5. The number of oxime groups is 1. The predicted molar refractivity (Wildman–Crippen MR) is 117 cm³/mol. The van der Waals surface area contributed by atoms with Crippen molar-refractivity contribution in [2.24, 2.45) is 5.16 Å². The van der Waals surface area contributed by atoms with E-state index in [0.717, 1.165) is 16.6 Å². The summed E-state index contributed by atoms with van der Waals surface area (Å²) in [6, 6.07) is 23.7. The molecule has 0 N–H and O–H groups in total. The van der Waals surface area contributed by atoms with Gasteiger partial charge in [0.15, 0.2) is 0 Å². The Morgan fingerprint density at radius 1 is 1.03 bits per heavy atom. The van der Waals surface area contributed by atoms with Gasteiger partial charge in [0.25, 0.3) is 0 Å². The topological polar surface area (TPSA) is 52.8 Å². The average molecular weight is 471 g/mol. The molecule has 0 unspecified atom stereocenters. The quantitative estimate of drug-likeness (QED) is 0.219. The number of benzene rings is 2. The molecule has 0 fully saturated rings. The van der Waals surface area contributed by atoms with Gasteiger partial charge >= 0.3 is 181 Å². The van der Waals surface area contributed by atoms with E-state index in [2.05, 4.69) is 35.5 Å². The second-order valence-corrected chi connectivity index (χ2v) is 8.60. The first-order valence-corrected chi connectivity index (χ1v) is 11.4. The Balaban J connectivity index is 1.59. The van der Waals surface area contributed by atoms with Crippen molar-refractivity contribution in [3.63, 3.8) is 0 Å². The van der Waals surface area contributed by atoms with Crippen LogP contribution in [0.4, 0.5) is 0 Å². The normalized spacial score (nSPS) is 11.1. The average Bonchev–Trinajstić information content (AvgIpc) is 2.75. The maximum atomic E-state index is 11.9. The van der Waals surface area contributed by atoms with Gasteiger partial charge in [0.1, 0.15) is 0 Å². The summed E-state index contributed by atoms with van der Waals surface area (Å²) < 4.78 is 2.86. The third-order valence-electron chi connectivity index (χ3n) is 3.89. The summed E-state index contributed by atoms with van der Waals surface area (Å²) in [5.74, 6) is -0.578. The standard InChI is InChI=1S/C22H20N2O3SSe/c1-17(23-26-15-22(25)27-24-14-8-7-13-21(24)28)19-11-5-6-12-20(19)29-16-18-9-3-2-4-10-18/h2-14H,15-16H2,1H3/b23-17+. The maximum absolute atomic E-state index is 11.9. The van der Waals surface area contributed by atoms with Crippen LogP contribution in [0.15, 0.2) is 84.1 Å². The van der Waals surface area contributed by atoms with E-state index in [9.17, 15) is 4.79 Å². The second kappa shape index (κ2) is 10.7. The molecule has 0 aliphatic rings. The molecule has 1 heterocycles. The first-order valence-electron chi connectivity index (χ1n) is 8.95. The predicted octanol–water partition coefficient (Wildman–Crippen LogP) is 3.14. The first-order chi connectivity index (χ1) is 14.1. The van der Waals surface area contributed by atoms with Gasteiger partial charge in [0, 0.05) is 0 Å². The second-order valence-electron chi connectivity index (χ2n) is 6.05. The van der Waals surface area contributed by atoms with Crippen molar-refractivity contribution in [2.75, 3.05) is 6.61 Å². The number of rotatable bonds is 8. The molecule has 0 aliphatic carbocycles. The monoisotopic (exact) mass is 472 g/mol. The van der Waals surface area contributed by atoms with Gasteiger partial charge < -0.3 is 0 Å². The molecule has 0 radical (unpaired) electrons. The van der Waals surface area contributed by atoms with E-state index in [-0.39, 0.29) is 21.6 Å². The molecule has 0 spiro atoms. The van der Waals surface area contributed by atoms with E-state index >= 15 is 0 Å². The van der Waals surface area contributed by atoms with E-state index in [1.54, 1.807) is 24.4 Å². The third kappa shape index (κ3) is 6.39. The molecule has 0 saturated heterocycles. The molecule has 1 aromatic heterocycles. The van der Waals surface area contributed by atoms with E-state index < -0.39 is 5.97 Å². The SMILES string of the molecule is C/C(=N\OCC(=O)On1ccccc1=S)c1ccccc1[Se]Cc1ccccc1. The van der Waals surface area contributed by atoms with Crippen molar-refractivity contribution in [1.82, 2.24) is 4.73 Å². The fourth-order valence-corrected chi connectivity index (χ4v) is 4.88. The molecule has 0 saturated carbocycles. The van der Waals surface area contributed by atoms with Crippen molar-refractivity contribution in [3.8, 4) is 0 Å². The summed E-state index contributed by atoms with van der Waals surface area (Å²) in [7, 11) is 0. The Kier molecular flexibility index (Phi) is 7.76. The van der Waals surface area contributed by atoms with Crippen LogP contribution in [-0.2, 0) is 15.0 Å². The van der Waals surface area contributed by atoms with Crippen molar-refractivity contribution in [3.05, 3.63) is 94.8 Å². The van der Waals surface area contributed by atoms with Crippen LogP contribution in [0.1, 0.15) is 18.1 Å². The van der Waals surface area contributed by atoms with Gasteiger partial charge in [0.05, 0.1) is 0 Å². The van der Waals surface area contributed by atoms with Crippen LogP contribution < -0.4 is 9.30 Å². The van der Waals surface area contributed by atoms with Crippen LogP contribution in [0.2, 0.25) is 0 Å². The van der Waals surface area contributed by atoms with Gasteiger partial charge in [-0.25, -0.2) is 0 Å². The molecule has 0 atom stereocenters. The van der Waals surface area contributed by atoms with Crippen molar-refractivity contribution in [2.45, 2.75) is 12.2 Å². The molecule has 2 aromatic carbocycles. The number of pyridine rings is 1. The van der Waals surface area contributed by atoms with E-state index in [1.165, 1.54) is 14.8 Å². The van der Waals surface area contributed by atoms with Crippen molar-refractivity contribution < 1.29 is 14.5 Å². The number of nitrogens with zero attached hydrogens (tertiary/aromatic N) is 2. The van der Waals surface area contributed by atoms with Gasteiger partial charge in [-0.1, -0.05) is 0 Å². The molecule has 0 amide bonds. The summed E-state index contributed by atoms with van der Waals surface area (Å²) in [5.41, 5.74) is 3.07. The zero-order valence-corrected chi connectivity index (χ0v) is 18.4. The van der Waals surface area contributed by atoms with Gasteiger partial charge in [0.2, 0.25) is 0 Å². The minimum absolute atomic E-state index is 0.261. The van der Waals surface area contributed by atoms with E-state index in [0.29, 0.717) is 4.64 Å². The molecule has 0 aliphatic heterocycles. The van der Waals surface area contributed by atoms with E-state index in [4.69, 9.17) is 21.9 Å². The molecule has 148 valence electrons. The van der Waals surface area contributed by atoms with Gasteiger partial charge in [-0.15, -0.1) is 0 Å². The molecule has 5 nitrogen and oxygen atoms in total. The van der Waals surface area contributed by atoms with Crippen LogP contribution in [-0.4, -0.2) is 38.0 Å². The summed E-state index contributed by atoms with van der Waals surface area (Å²) in [6.45, 7) is 1.57. The molecule has 29 heavy (non-hydrogen) atoms. The van der Waals surface area contributed by atoms with Gasteiger partial charge in [-0.05, 0) is 0 Å². The Morgan fingerprint density at radius 3 is 2.55 bits per heavy atom. The molecule has 3 rings (SSSR count). The van der Waals surface area contributed by atoms with Crippen LogP contribution >= 0.6 is 12.2 Å². The minimum atomic E-state index is -0.578. The summed E-state index contributed by atoms with van der Waals surface area (Å²) >= 11 is 5.34. The first kappa shape index (κ1) is 21.0. The van der Waals surface area contributed by atoms with Crippen molar-refractivity contribution in [1.29, 1.82) is 0 Å². The fraction of sp³-hybridized carbons (Fsp3) is 0.136. The van der Waals surface area contributed by atoms with Crippen LogP contribution in [0, 0.1) is 4.64 Å². The Labute approximate surface area is 181 Å². The number of hydrogen-bond donors (Lipinski definition) is 0. The number of carbonyl (C=O) groups is 1. The Morgan fingerprint density at radius 2 is 1.76 bits per heavy atom. The third-order valence-corrected chi connectivity index (χ3v) is 6.60. The van der Waals surface area contributed by atoms with Crippen LogP contribution in [0.25, 0.3) is 0 Å². The Hall–Kier alpha value is -2.73. The molecule has 0 bridgehead atoms. The summed E-state index contributed by atoms with van der Waals surface area (Å²) in [5, 5.41) is 5.11. The molecular formula is C22H20N2O3SSe.